The standard InChI is InChI=1S/2C10H8O6S2.6C3H6N6.10H2O/c2*11-17(12,13)9-5-1-3-7-8(9)4-2-6-10(7)18(14,15)16;6*4-1-7-2(5)9-3(6)8-1;;;;;;;;;;/h2*1-6H,(H,11,12,13)(H,14,15,16);6*(H6,4,5,6,7,8,9);10*1H2. The zero-order chi connectivity index (χ0) is 68.2. The van der Waals surface area contributed by atoms with Gasteiger partial charge in [-0.15, -0.1) is 0 Å². The summed E-state index contributed by atoms with van der Waals surface area (Å²) in [7, 11) is -19.0. The summed E-state index contributed by atoms with van der Waals surface area (Å²) in [4.78, 5) is 56.9. The molecule has 0 unspecified atom stereocenters. The van der Waals surface area contributed by atoms with E-state index in [1.54, 1.807) is 0 Å². The molecule has 62 heteroatoms. The van der Waals surface area contributed by atoms with Gasteiger partial charge in [-0.05, 0) is 24.3 Å². The van der Waals surface area contributed by atoms with Crippen LogP contribution in [0.15, 0.2) is 92.4 Å². The summed E-state index contributed by atoms with van der Waals surface area (Å²) in [5.41, 5.74) is 93.0. The third-order valence-corrected chi connectivity index (χ3v) is 12.6. The predicted octanol–water partition coefficient (Wildman–Crippen LogP) is -17.6. The molecule has 10 rings (SSSR count). The zero-order valence-corrected chi connectivity index (χ0v) is 53.4. The fourth-order valence-corrected chi connectivity index (χ4v) is 8.84. The third kappa shape index (κ3) is 35.0. The minimum absolute atomic E-state index is 0. The van der Waals surface area contributed by atoms with Crippen molar-refractivity contribution in [1.82, 2.24) is 69.8 Å². The molecule has 100 heavy (non-hydrogen) atoms. The number of hydrogen-bond donors (Lipinski definition) is 18. The molecule has 6 aromatic heterocycles. The van der Waals surface area contributed by atoms with E-state index in [1.807, 2.05) is 0 Å². The number of nitrogens with zero attached hydrogens (tertiary/aromatic N) is 14. The first-order valence-corrected chi connectivity index (χ1v) is 28.4. The molecule has 0 aliphatic heterocycles. The molecule has 0 saturated carbocycles. The maximum Gasteiger partial charge on any atom is 0.320 e. The Morgan fingerprint density at radius 1 is 0.210 bits per heavy atom. The van der Waals surface area contributed by atoms with Crippen molar-refractivity contribution >= 4 is 169 Å². The molecule has 0 bridgehead atoms. The van der Waals surface area contributed by atoms with Gasteiger partial charge < -0.3 is 176 Å². The van der Waals surface area contributed by atoms with Crippen molar-refractivity contribution in [1.29, 1.82) is 0 Å². The molecular weight excluding hydrogens is 1440 g/mol. The summed E-state index contributed by atoms with van der Waals surface area (Å²) in [6, 6.07) is 14.2. The van der Waals surface area contributed by atoms with Crippen molar-refractivity contribution < 1.29 is 127 Å². The van der Waals surface area contributed by atoms with Gasteiger partial charge in [-0.3, -0.25) is 0 Å². The van der Waals surface area contributed by atoms with Gasteiger partial charge in [0.15, 0.2) is 0 Å². The molecule has 0 fully saturated rings. The number of rotatable bonds is 4. The van der Waals surface area contributed by atoms with Gasteiger partial charge in [0.05, 0.1) is 19.6 Å². The number of anilines is 18. The molecule has 0 aliphatic rings. The van der Waals surface area contributed by atoms with Crippen LogP contribution in [0.5, 0.6) is 0 Å². The van der Waals surface area contributed by atoms with Gasteiger partial charge in [-0.25, -0.2) is 53.6 Å². The minimum atomic E-state index is -4.74. The van der Waals surface area contributed by atoms with Crippen LogP contribution in [0.4, 0.5) is 107 Å². The number of hydrogen-bond acceptors (Lipinski definition) is 44. The van der Waals surface area contributed by atoms with Gasteiger partial charge in [-0.2, -0.15) is 29.9 Å². The maximum atomic E-state index is 11.0. The highest BCUT2D eigenvalue weighted by atomic mass is 32.2. The van der Waals surface area contributed by atoms with Crippen LogP contribution in [0.3, 0.4) is 0 Å². The normalized spacial score (nSPS) is 9.64. The van der Waals surface area contributed by atoms with Crippen molar-refractivity contribution in [3.63, 3.8) is 0 Å². The van der Waals surface area contributed by atoms with Crippen molar-refractivity contribution in [2.24, 2.45) is 0 Å². The lowest BCUT2D eigenvalue weighted by atomic mass is 10.1. The SMILES string of the molecule is Nc1nc(N)[nH+]c(N)n1.Nc1nc(N)[nH+]c(N)n1.Nc1nc(N)[nH+]c(N)n1.Nc1nc(N)[nH+]c(N)n1.Nc1nc(N)nc(N)n1.Nc1nc(N)nc(N)n1.O.O.O.O.O.O.O.O.O.O.O=S(=O)([O-])c1cccc2c(S(=O)(=O)[O-])cccc12.O=S(=O)([O-])c1cccc2c(S(=O)(=O)[O-])cccc12. The number of nitrogens with one attached hydrogen (secondary N) is 4. The largest absolute Gasteiger partial charge is 0.744 e. The number of H-pyrrole nitrogens is 4. The second-order valence-corrected chi connectivity index (χ2v) is 21.2. The summed E-state index contributed by atoms with van der Waals surface area (Å²) in [5.74, 6) is 1.88. The van der Waals surface area contributed by atoms with E-state index in [9.17, 15) is 51.9 Å². The van der Waals surface area contributed by atoms with Crippen LogP contribution < -0.4 is 123 Å². The molecule has 6 heterocycles. The van der Waals surface area contributed by atoms with Gasteiger partial charge in [0.1, 0.15) is 40.5 Å². The highest BCUT2D eigenvalue weighted by Crippen LogP contribution is 2.29. The molecule has 58 nitrogen and oxygen atoms in total. The predicted molar refractivity (Wildman–Crippen MR) is 349 cm³/mol. The first-order chi connectivity index (χ1) is 41.5. The van der Waals surface area contributed by atoms with Gasteiger partial charge in [0.2, 0.25) is 35.7 Å². The van der Waals surface area contributed by atoms with Crippen molar-refractivity contribution in [3.05, 3.63) is 72.8 Å². The lowest BCUT2D eigenvalue weighted by Crippen LogP contribution is -2.20. The highest BCUT2D eigenvalue weighted by molar-refractivity contribution is 7.87. The number of aromatic nitrogens is 18. The molecule has 0 radical (unpaired) electrons. The third-order valence-electron chi connectivity index (χ3n) is 9.04. The Labute approximate surface area is 559 Å². The molecule has 60 N–H and O–H groups in total. The average Bonchev–Trinajstić information content (AvgIpc) is 0.779. The van der Waals surface area contributed by atoms with Crippen LogP contribution >= 0.6 is 0 Å². The van der Waals surface area contributed by atoms with Crippen LogP contribution in [-0.2, 0) is 40.5 Å². The number of nitrogen functional groups attached to an aromatic ring is 18. The van der Waals surface area contributed by atoms with Crippen molar-refractivity contribution in [2.45, 2.75) is 19.6 Å². The smallest absolute Gasteiger partial charge is 0.320 e. The molecule has 0 atom stereocenters. The van der Waals surface area contributed by atoms with E-state index in [0.717, 1.165) is 24.3 Å². The van der Waals surface area contributed by atoms with Gasteiger partial charge in [0.25, 0.3) is 0 Å². The van der Waals surface area contributed by atoms with E-state index >= 15 is 0 Å². The summed E-state index contributed by atoms with van der Waals surface area (Å²) < 4.78 is 132. The lowest BCUT2D eigenvalue weighted by Gasteiger charge is -2.14. The van der Waals surface area contributed by atoms with E-state index < -0.39 is 60.1 Å². The first-order valence-electron chi connectivity index (χ1n) is 22.7. The molecule has 0 saturated heterocycles. The van der Waals surface area contributed by atoms with E-state index in [1.165, 1.54) is 48.5 Å². The van der Waals surface area contributed by atoms with Crippen LogP contribution in [0.25, 0.3) is 21.5 Å². The second kappa shape index (κ2) is 44.0. The quantitative estimate of drug-likeness (QED) is 0.0728. The fraction of sp³-hybridized carbons (Fsp3) is 0. The van der Waals surface area contributed by atoms with Crippen LogP contribution in [0, 0.1) is 0 Å². The molecule has 0 aliphatic carbocycles. The Bertz CT molecular complexity index is 3700. The molecule has 0 spiro atoms. The second-order valence-electron chi connectivity index (χ2n) is 15.8. The molecule has 560 valence electrons. The summed E-state index contributed by atoms with van der Waals surface area (Å²) in [6.07, 6.45) is 0. The summed E-state index contributed by atoms with van der Waals surface area (Å²) in [5, 5.41) is -0.317. The topological polar surface area (TPSA) is 1250 Å². The Morgan fingerprint density at radius 2 is 0.320 bits per heavy atom. The Morgan fingerprint density at radius 3 is 0.420 bits per heavy atom. The average molecular weight is 1510 g/mol. The molecule has 4 aromatic carbocycles. The fourth-order valence-electron chi connectivity index (χ4n) is 6.07. The zero-order valence-electron chi connectivity index (χ0n) is 50.1. The number of aromatic amines is 4. The summed E-state index contributed by atoms with van der Waals surface area (Å²) in [6.45, 7) is 0. The van der Waals surface area contributed by atoms with Crippen LogP contribution in [0.2, 0.25) is 0 Å². The lowest BCUT2D eigenvalue weighted by molar-refractivity contribution is -0.351. The number of fused-ring (bicyclic) bond motifs is 2. The summed E-state index contributed by atoms with van der Waals surface area (Å²) >= 11 is 0. The van der Waals surface area contributed by atoms with Gasteiger partial charge in [-0.1, -0.05) is 88.4 Å². The monoisotopic (exact) mass is 1510 g/mol. The Hall–Kier alpha value is -12.9. The first kappa shape index (κ1) is 103. The van der Waals surface area contributed by atoms with Crippen LogP contribution in [0.1, 0.15) is 0 Å². The van der Waals surface area contributed by atoms with Crippen molar-refractivity contribution in [3.8, 4) is 0 Å². The number of benzene rings is 4. The number of nitrogens with two attached hydrogens (primary N) is 18. The van der Waals surface area contributed by atoms with Crippen molar-refractivity contribution in [2.75, 3.05) is 103 Å². The molecule has 10 aromatic rings. The van der Waals surface area contributed by atoms with Crippen LogP contribution in [-0.4, -0.2) is 176 Å². The Kier molecular flexibility index (Phi) is 45.4. The molecular formula is C38H72N36O22S4. The highest BCUT2D eigenvalue weighted by Gasteiger charge is 2.14. The van der Waals surface area contributed by atoms with Gasteiger partial charge >= 0.3 is 71.4 Å². The van der Waals surface area contributed by atoms with E-state index in [-0.39, 0.29) is 183 Å². The van der Waals surface area contributed by atoms with Gasteiger partial charge in [0, 0.05) is 21.5 Å². The van der Waals surface area contributed by atoms with E-state index in [0.29, 0.717) is 0 Å². The van der Waals surface area contributed by atoms with E-state index in [2.05, 4.69) is 89.7 Å². The minimum Gasteiger partial charge on any atom is -0.744 e. The Balaban J connectivity index is -0.000000162. The van der Waals surface area contributed by atoms with E-state index in [4.69, 9.17) is 103 Å². The molecule has 0 amide bonds. The maximum absolute atomic E-state index is 11.0.